The number of hydrogen-bond acceptors (Lipinski definition) is 4. The molecule has 0 radical (unpaired) electrons. The van der Waals surface area contributed by atoms with Crippen LogP contribution in [0.5, 0.6) is 0 Å². The molecular formula is C18H18N4O3. The van der Waals surface area contributed by atoms with Crippen molar-refractivity contribution in [3.05, 3.63) is 54.9 Å². The van der Waals surface area contributed by atoms with Crippen LogP contribution in [0.4, 0.5) is 5.69 Å². The second kappa shape index (κ2) is 6.43. The molecule has 7 nitrogen and oxygen atoms in total. The van der Waals surface area contributed by atoms with Gasteiger partial charge in [0.1, 0.15) is 11.7 Å². The molecule has 0 saturated carbocycles. The van der Waals surface area contributed by atoms with Crippen molar-refractivity contribution in [1.82, 2.24) is 14.3 Å². The molecule has 1 N–H and O–H groups in total. The molecule has 25 heavy (non-hydrogen) atoms. The zero-order valence-corrected chi connectivity index (χ0v) is 13.6. The Hall–Kier alpha value is -3.09. The van der Waals surface area contributed by atoms with Gasteiger partial charge in [0.05, 0.1) is 12.0 Å². The van der Waals surface area contributed by atoms with E-state index in [1.165, 1.54) is 6.26 Å². The summed E-state index contributed by atoms with van der Waals surface area (Å²) in [6.07, 6.45) is 9.24. The number of hydrogen-bond donors (Lipinski definition) is 1. The molecule has 1 fully saturated rings. The lowest BCUT2D eigenvalue weighted by molar-refractivity contribution is -0.121. The van der Waals surface area contributed by atoms with Gasteiger partial charge >= 0.3 is 0 Å². The third kappa shape index (κ3) is 3.00. The molecule has 3 aromatic rings. The van der Waals surface area contributed by atoms with Crippen molar-refractivity contribution in [2.24, 2.45) is 0 Å². The van der Waals surface area contributed by atoms with E-state index in [0.717, 1.165) is 18.5 Å². The van der Waals surface area contributed by atoms with Gasteiger partial charge in [0.15, 0.2) is 5.76 Å². The van der Waals surface area contributed by atoms with Gasteiger partial charge in [0, 0.05) is 25.1 Å². The number of fused-ring (bicyclic) bond motifs is 1. The Balaban J connectivity index is 1.53. The summed E-state index contributed by atoms with van der Waals surface area (Å²) in [6.45, 7) is 0.554. The average molecular weight is 338 g/mol. The number of imidazole rings is 1. The highest BCUT2D eigenvalue weighted by atomic mass is 16.3. The van der Waals surface area contributed by atoms with Crippen molar-refractivity contribution in [1.29, 1.82) is 0 Å². The Morgan fingerprint density at radius 1 is 1.24 bits per heavy atom. The number of pyridine rings is 1. The number of furan rings is 1. The summed E-state index contributed by atoms with van der Waals surface area (Å²) in [5.41, 5.74) is 1.48. The largest absolute Gasteiger partial charge is 0.459 e. The summed E-state index contributed by atoms with van der Waals surface area (Å²) >= 11 is 0. The number of anilines is 1. The fourth-order valence-electron chi connectivity index (χ4n) is 3.21. The van der Waals surface area contributed by atoms with Crippen molar-refractivity contribution in [2.75, 3.05) is 11.9 Å². The van der Waals surface area contributed by atoms with E-state index in [1.54, 1.807) is 23.2 Å². The number of nitrogens with zero attached hydrogens (tertiary/aromatic N) is 3. The standard InChI is InChI=1S/C18H18N4O3/c23-17(20-13-6-7-16-19-8-10-21(16)12-13)14-4-1-2-9-22(14)18(24)15-5-3-11-25-15/h3,5-8,10-12,14H,1-2,4,9H2,(H,20,23)/t14-/m0/s1. The molecule has 0 unspecified atom stereocenters. The lowest BCUT2D eigenvalue weighted by Gasteiger charge is -2.34. The molecule has 4 rings (SSSR count). The Morgan fingerprint density at radius 2 is 2.16 bits per heavy atom. The monoisotopic (exact) mass is 338 g/mol. The summed E-state index contributed by atoms with van der Waals surface area (Å²) in [4.78, 5) is 31.2. The molecule has 1 aliphatic heterocycles. The van der Waals surface area contributed by atoms with Gasteiger partial charge in [-0.2, -0.15) is 0 Å². The maximum atomic E-state index is 12.8. The van der Waals surface area contributed by atoms with Crippen LogP contribution in [0.3, 0.4) is 0 Å². The number of aromatic nitrogens is 2. The van der Waals surface area contributed by atoms with Gasteiger partial charge in [-0.05, 0) is 43.5 Å². The molecule has 0 aromatic carbocycles. The van der Waals surface area contributed by atoms with Crippen molar-refractivity contribution in [2.45, 2.75) is 25.3 Å². The molecule has 0 spiro atoms. The maximum Gasteiger partial charge on any atom is 0.290 e. The van der Waals surface area contributed by atoms with Gasteiger partial charge in [-0.1, -0.05) is 0 Å². The van der Waals surface area contributed by atoms with Gasteiger partial charge in [0.2, 0.25) is 5.91 Å². The predicted octanol–water partition coefficient (Wildman–Crippen LogP) is 2.56. The van der Waals surface area contributed by atoms with Crippen LogP contribution in [0.15, 0.2) is 53.5 Å². The van der Waals surface area contributed by atoms with Crippen molar-refractivity contribution >= 4 is 23.1 Å². The Kier molecular flexibility index (Phi) is 3.97. The number of piperidine rings is 1. The lowest BCUT2D eigenvalue weighted by atomic mass is 10.0. The van der Waals surface area contributed by atoms with Crippen LogP contribution in [0.1, 0.15) is 29.8 Å². The van der Waals surface area contributed by atoms with Crippen molar-refractivity contribution in [3.63, 3.8) is 0 Å². The summed E-state index contributed by atoms with van der Waals surface area (Å²) in [5.74, 6) is -0.159. The first-order chi connectivity index (χ1) is 12.2. The number of likely N-dealkylation sites (tertiary alicyclic amines) is 1. The van der Waals surface area contributed by atoms with Crippen LogP contribution in [-0.4, -0.2) is 38.7 Å². The second-order valence-electron chi connectivity index (χ2n) is 6.09. The molecule has 128 valence electrons. The van der Waals surface area contributed by atoms with Crippen LogP contribution in [-0.2, 0) is 4.79 Å². The van der Waals surface area contributed by atoms with E-state index in [4.69, 9.17) is 4.42 Å². The lowest BCUT2D eigenvalue weighted by Crippen LogP contribution is -2.49. The van der Waals surface area contributed by atoms with Gasteiger partial charge in [-0.3, -0.25) is 9.59 Å². The topological polar surface area (TPSA) is 79.9 Å². The van der Waals surface area contributed by atoms with E-state index in [2.05, 4.69) is 10.3 Å². The van der Waals surface area contributed by atoms with Gasteiger partial charge < -0.3 is 19.0 Å². The minimum atomic E-state index is -0.496. The second-order valence-corrected chi connectivity index (χ2v) is 6.09. The molecule has 0 bridgehead atoms. The Bertz CT molecular complexity index is 900. The van der Waals surface area contributed by atoms with Gasteiger partial charge in [0.25, 0.3) is 5.91 Å². The first-order valence-electron chi connectivity index (χ1n) is 8.30. The van der Waals surface area contributed by atoms with Crippen molar-refractivity contribution < 1.29 is 14.0 Å². The number of nitrogens with one attached hydrogen (secondary N) is 1. The van der Waals surface area contributed by atoms with Crippen LogP contribution < -0.4 is 5.32 Å². The predicted molar refractivity (Wildman–Crippen MR) is 91.2 cm³/mol. The quantitative estimate of drug-likeness (QED) is 0.796. The Labute approximate surface area is 144 Å². The van der Waals surface area contributed by atoms with E-state index in [1.807, 2.05) is 28.9 Å². The van der Waals surface area contributed by atoms with Crippen LogP contribution >= 0.6 is 0 Å². The highest BCUT2D eigenvalue weighted by Crippen LogP contribution is 2.21. The molecule has 1 aliphatic rings. The number of carbonyl (C=O) groups is 2. The van der Waals surface area contributed by atoms with E-state index in [9.17, 15) is 9.59 Å². The van der Waals surface area contributed by atoms with Crippen LogP contribution in [0, 0.1) is 0 Å². The van der Waals surface area contributed by atoms with Crippen molar-refractivity contribution in [3.8, 4) is 0 Å². The Morgan fingerprint density at radius 3 is 3.00 bits per heavy atom. The van der Waals surface area contributed by atoms with E-state index >= 15 is 0 Å². The molecule has 1 saturated heterocycles. The van der Waals surface area contributed by atoms with E-state index < -0.39 is 6.04 Å². The number of amides is 2. The molecule has 7 heteroatoms. The first-order valence-corrected chi connectivity index (χ1v) is 8.30. The average Bonchev–Trinajstić information content (AvgIpc) is 3.32. The summed E-state index contributed by atoms with van der Waals surface area (Å²) in [5, 5.41) is 2.91. The van der Waals surface area contributed by atoms with Gasteiger partial charge in [-0.25, -0.2) is 4.98 Å². The van der Waals surface area contributed by atoms with Crippen LogP contribution in [0.25, 0.3) is 5.65 Å². The fraction of sp³-hybridized carbons (Fsp3) is 0.278. The highest BCUT2D eigenvalue weighted by Gasteiger charge is 2.33. The molecule has 1 atom stereocenters. The van der Waals surface area contributed by atoms with Gasteiger partial charge in [-0.15, -0.1) is 0 Å². The first kappa shape index (κ1) is 15.4. The molecule has 0 aliphatic carbocycles. The summed E-state index contributed by atoms with van der Waals surface area (Å²) < 4.78 is 7.04. The zero-order valence-electron chi connectivity index (χ0n) is 13.6. The maximum absolute atomic E-state index is 12.8. The normalized spacial score (nSPS) is 17.6. The smallest absolute Gasteiger partial charge is 0.290 e. The summed E-state index contributed by atoms with van der Waals surface area (Å²) in [7, 11) is 0. The van der Waals surface area contributed by atoms with Crippen LogP contribution in [0.2, 0.25) is 0 Å². The molecule has 3 aromatic heterocycles. The molecule has 4 heterocycles. The highest BCUT2D eigenvalue weighted by molar-refractivity contribution is 6.00. The summed E-state index contributed by atoms with van der Waals surface area (Å²) in [6, 6.07) is 6.44. The number of carbonyl (C=O) groups excluding carboxylic acids is 2. The minimum Gasteiger partial charge on any atom is -0.459 e. The zero-order chi connectivity index (χ0) is 17.2. The van der Waals surface area contributed by atoms with E-state index in [-0.39, 0.29) is 17.6 Å². The minimum absolute atomic E-state index is 0.181. The third-order valence-electron chi connectivity index (χ3n) is 4.45. The molecular weight excluding hydrogens is 320 g/mol. The SMILES string of the molecule is O=C(Nc1ccc2nccn2c1)[C@@H]1CCCCN1C(=O)c1ccco1. The number of rotatable bonds is 3. The third-order valence-corrected chi connectivity index (χ3v) is 4.45. The fourth-order valence-corrected chi connectivity index (χ4v) is 3.21. The molecule has 2 amide bonds. The van der Waals surface area contributed by atoms with E-state index in [0.29, 0.717) is 18.7 Å².